The van der Waals surface area contributed by atoms with Crippen molar-refractivity contribution in [3.05, 3.63) is 0 Å². The third kappa shape index (κ3) is 2.63. The van der Waals surface area contributed by atoms with Crippen LogP contribution in [0.3, 0.4) is 0 Å². The summed E-state index contributed by atoms with van der Waals surface area (Å²) in [6.07, 6.45) is 1.31. The number of hydrogen-bond donors (Lipinski definition) is 2. The summed E-state index contributed by atoms with van der Waals surface area (Å²) < 4.78 is 0. The van der Waals surface area contributed by atoms with Gasteiger partial charge in [0.05, 0.1) is 16.9 Å². The number of carbonyl (C=O) groups is 2. The zero-order valence-corrected chi connectivity index (χ0v) is 11.9. The molecule has 0 bridgehead atoms. The number of nitrogens with zero attached hydrogens (tertiary/aromatic N) is 1. The van der Waals surface area contributed by atoms with Crippen LogP contribution in [0.2, 0.25) is 0 Å². The molecule has 0 aromatic rings. The number of thiocarbonyl (C=S) groups is 1. The molecule has 2 amide bonds. The van der Waals surface area contributed by atoms with Crippen LogP contribution in [0.4, 0.5) is 0 Å². The Labute approximate surface area is 113 Å². The van der Waals surface area contributed by atoms with Gasteiger partial charge in [0.2, 0.25) is 11.8 Å². The maximum Gasteiger partial charge on any atom is 0.237 e. The van der Waals surface area contributed by atoms with E-state index in [1.54, 1.807) is 0 Å². The number of carbonyl (C=O) groups excluding carboxylic acids is 2. The lowest BCUT2D eigenvalue weighted by atomic mass is 9.61. The highest BCUT2D eigenvalue weighted by Gasteiger charge is 2.52. The third-order valence-corrected chi connectivity index (χ3v) is 3.88. The third-order valence-electron chi connectivity index (χ3n) is 3.49. The van der Waals surface area contributed by atoms with Crippen LogP contribution < -0.4 is 11.5 Å². The van der Waals surface area contributed by atoms with E-state index in [0.29, 0.717) is 18.8 Å². The van der Waals surface area contributed by atoms with Gasteiger partial charge >= 0.3 is 0 Å². The Morgan fingerprint density at radius 2 is 1.89 bits per heavy atom. The summed E-state index contributed by atoms with van der Waals surface area (Å²) in [4.78, 5) is 25.3. The smallest absolute Gasteiger partial charge is 0.237 e. The molecule has 0 aliphatic heterocycles. The summed E-state index contributed by atoms with van der Waals surface area (Å²) >= 11 is 5.04. The van der Waals surface area contributed by atoms with Crippen molar-refractivity contribution in [2.24, 2.45) is 22.8 Å². The van der Waals surface area contributed by atoms with Crippen LogP contribution in [-0.4, -0.2) is 34.3 Å². The van der Waals surface area contributed by atoms with Crippen LogP contribution in [-0.2, 0) is 9.59 Å². The molecule has 0 unspecified atom stereocenters. The van der Waals surface area contributed by atoms with E-state index < -0.39 is 11.3 Å². The van der Waals surface area contributed by atoms with E-state index >= 15 is 0 Å². The molecule has 18 heavy (non-hydrogen) atoms. The van der Waals surface area contributed by atoms with E-state index in [0.717, 1.165) is 0 Å². The molecular formula is C12H21N3O2S. The first-order valence-electron chi connectivity index (χ1n) is 6.10. The predicted molar refractivity (Wildman–Crippen MR) is 73.7 cm³/mol. The van der Waals surface area contributed by atoms with E-state index in [1.807, 2.05) is 13.8 Å². The highest BCUT2D eigenvalue weighted by atomic mass is 32.1. The molecule has 1 aliphatic carbocycles. The van der Waals surface area contributed by atoms with Crippen LogP contribution in [0.1, 0.15) is 33.6 Å². The number of rotatable bonds is 5. The van der Waals surface area contributed by atoms with Gasteiger partial charge in [0.15, 0.2) is 0 Å². The molecule has 0 heterocycles. The van der Waals surface area contributed by atoms with Gasteiger partial charge in [-0.2, -0.15) is 0 Å². The zero-order valence-electron chi connectivity index (χ0n) is 11.1. The average molecular weight is 271 g/mol. The van der Waals surface area contributed by atoms with Crippen LogP contribution in [0.15, 0.2) is 0 Å². The molecule has 0 radical (unpaired) electrons. The van der Waals surface area contributed by atoms with Crippen LogP contribution in [0.25, 0.3) is 0 Å². The number of nitrogens with two attached hydrogens (primary N) is 2. The van der Waals surface area contributed by atoms with Gasteiger partial charge in [-0.15, -0.1) is 0 Å². The van der Waals surface area contributed by atoms with Crippen molar-refractivity contribution in [1.82, 2.24) is 4.90 Å². The van der Waals surface area contributed by atoms with Crippen molar-refractivity contribution < 1.29 is 9.59 Å². The molecule has 0 saturated heterocycles. The normalized spacial score (nSPS) is 26.6. The van der Waals surface area contributed by atoms with E-state index in [1.165, 1.54) is 4.90 Å². The quantitative estimate of drug-likeness (QED) is 0.709. The maximum absolute atomic E-state index is 12.6. The molecule has 6 heteroatoms. The molecule has 102 valence electrons. The summed E-state index contributed by atoms with van der Waals surface area (Å²) in [5, 5.41) is 0. The summed E-state index contributed by atoms with van der Waals surface area (Å²) in [5.41, 5.74) is 10.1. The van der Waals surface area contributed by atoms with E-state index in [2.05, 4.69) is 6.92 Å². The van der Waals surface area contributed by atoms with Crippen molar-refractivity contribution >= 4 is 29.0 Å². The molecule has 0 spiro atoms. The van der Waals surface area contributed by atoms with Crippen LogP contribution >= 0.6 is 12.2 Å². The Morgan fingerprint density at radius 1 is 1.39 bits per heavy atom. The van der Waals surface area contributed by atoms with E-state index in [-0.39, 0.29) is 23.5 Å². The fraction of sp³-hybridized carbons (Fsp3) is 0.750. The van der Waals surface area contributed by atoms with Crippen LogP contribution in [0.5, 0.6) is 0 Å². The highest BCUT2D eigenvalue weighted by molar-refractivity contribution is 7.80. The standard InChI is InChI=1S/C12H21N3O2S/c1-7(2)15(6-9(13)16)11(17)12(10(14)18)4-8(3)5-12/h7-8H,4-6H2,1-3H3,(H2,13,16)(H2,14,18). The van der Waals surface area contributed by atoms with Gasteiger partial charge in [0.1, 0.15) is 0 Å². The Bertz CT molecular complexity index is 376. The molecule has 1 aliphatic rings. The first-order valence-corrected chi connectivity index (χ1v) is 6.51. The monoisotopic (exact) mass is 271 g/mol. The number of hydrogen-bond acceptors (Lipinski definition) is 3. The van der Waals surface area contributed by atoms with Gasteiger partial charge in [0, 0.05) is 6.04 Å². The Balaban J connectivity index is 2.94. The molecule has 1 fully saturated rings. The predicted octanol–water partition coefficient (Wildman–Crippen LogP) is 0.411. The maximum atomic E-state index is 12.6. The Morgan fingerprint density at radius 3 is 2.17 bits per heavy atom. The highest BCUT2D eigenvalue weighted by Crippen LogP contribution is 2.47. The molecule has 1 saturated carbocycles. The summed E-state index contributed by atoms with van der Waals surface area (Å²) in [6, 6.07) is -0.105. The summed E-state index contributed by atoms with van der Waals surface area (Å²) in [7, 11) is 0. The minimum atomic E-state index is -0.769. The first kappa shape index (κ1) is 14.9. The lowest BCUT2D eigenvalue weighted by Gasteiger charge is -2.47. The zero-order chi connectivity index (χ0) is 14.1. The lowest BCUT2D eigenvalue weighted by Crippen LogP contribution is -2.59. The minimum absolute atomic E-state index is 0.0881. The fourth-order valence-corrected chi connectivity index (χ4v) is 2.80. The van der Waals surface area contributed by atoms with Gasteiger partial charge in [-0.3, -0.25) is 9.59 Å². The van der Waals surface area contributed by atoms with Crippen molar-refractivity contribution in [3.8, 4) is 0 Å². The Kier molecular flexibility index (Phi) is 4.32. The lowest BCUT2D eigenvalue weighted by molar-refractivity contribution is -0.148. The van der Waals surface area contributed by atoms with Crippen molar-refractivity contribution in [2.75, 3.05) is 6.54 Å². The van der Waals surface area contributed by atoms with E-state index in [4.69, 9.17) is 23.7 Å². The van der Waals surface area contributed by atoms with Crippen LogP contribution in [0, 0.1) is 11.3 Å². The Hall–Kier alpha value is -1.17. The topological polar surface area (TPSA) is 89.4 Å². The second-order valence-corrected chi connectivity index (χ2v) is 5.89. The van der Waals surface area contributed by atoms with Gasteiger partial charge in [-0.1, -0.05) is 19.1 Å². The largest absolute Gasteiger partial charge is 0.392 e. The average Bonchev–Trinajstić information content (AvgIpc) is 2.19. The molecule has 1 rings (SSSR count). The van der Waals surface area contributed by atoms with E-state index in [9.17, 15) is 9.59 Å². The molecule has 4 N–H and O–H groups in total. The summed E-state index contributed by atoms with van der Waals surface area (Å²) in [5.74, 6) is -0.262. The van der Waals surface area contributed by atoms with Gasteiger partial charge < -0.3 is 16.4 Å². The molecular weight excluding hydrogens is 250 g/mol. The van der Waals surface area contributed by atoms with Gasteiger partial charge in [0.25, 0.3) is 0 Å². The second-order valence-electron chi connectivity index (χ2n) is 5.45. The fourth-order valence-electron chi connectivity index (χ4n) is 2.54. The second kappa shape index (κ2) is 5.22. The summed E-state index contributed by atoms with van der Waals surface area (Å²) in [6.45, 7) is 5.65. The minimum Gasteiger partial charge on any atom is -0.392 e. The van der Waals surface area contributed by atoms with Crippen molar-refractivity contribution in [1.29, 1.82) is 0 Å². The first-order chi connectivity index (χ1) is 8.20. The molecule has 5 nitrogen and oxygen atoms in total. The van der Waals surface area contributed by atoms with Gasteiger partial charge in [-0.25, -0.2) is 0 Å². The van der Waals surface area contributed by atoms with Crippen molar-refractivity contribution in [3.63, 3.8) is 0 Å². The molecule has 0 aromatic heterocycles. The SMILES string of the molecule is CC1CC(C(=O)N(CC(N)=O)C(C)C)(C(N)=S)C1. The number of amides is 2. The van der Waals surface area contributed by atoms with Crippen molar-refractivity contribution in [2.45, 2.75) is 39.7 Å². The number of primary amides is 1. The molecule has 0 aromatic carbocycles. The van der Waals surface area contributed by atoms with Gasteiger partial charge in [-0.05, 0) is 32.6 Å². The molecule has 0 atom stereocenters.